The molecule has 36 heavy (non-hydrogen) atoms. The number of ether oxygens (including phenoxy) is 3. The number of anilines is 1. The highest BCUT2D eigenvalue weighted by atomic mass is 16.7. The van der Waals surface area contributed by atoms with E-state index in [0.29, 0.717) is 49.0 Å². The van der Waals surface area contributed by atoms with Crippen LogP contribution in [0.4, 0.5) is 10.5 Å². The Morgan fingerprint density at radius 1 is 0.972 bits per heavy atom. The number of likely N-dealkylation sites (tertiary alicyclic amines) is 1. The molecule has 0 bridgehead atoms. The minimum atomic E-state index is -0.334. The van der Waals surface area contributed by atoms with Crippen molar-refractivity contribution in [3.05, 3.63) is 83.9 Å². The second-order valence-corrected chi connectivity index (χ2v) is 9.01. The molecule has 3 amide bonds. The second-order valence-electron chi connectivity index (χ2n) is 9.01. The molecule has 5 rings (SSSR count). The number of rotatable bonds is 6. The van der Waals surface area contributed by atoms with Gasteiger partial charge in [0, 0.05) is 31.2 Å². The molecule has 0 saturated carbocycles. The van der Waals surface area contributed by atoms with Crippen LogP contribution in [0.5, 0.6) is 17.2 Å². The van der Waals surface area contributed by atoms with Gasteiger partial charge in [0.15, 0.2) is 11.5 Å². The zero-order valence-corrected chi connectivity index (χ0v) is 20.1. The van der Waals surface area contributed by atoms with Crippen molar-refractivity contribution in [2.45, 2.75) is 18.9 Å². The predicted octanol–water partition coefficient (Wildman–Crippen LogP) is 4.38. The molecule has 3 aromatic rings. The van der Waals surface area contributed by atoms with Gasteiger partial charge in [0.05, 0.1) is 13.0 Å². The van der Waals surface area contributed by atoms with Crippen LogP contribution in [-0.2, 0) is 11.3 Å². The number of nitrogens with one attached hydrogen (secondary N) is 2. The van der Waals surface area contributed by atoms with E-state index in [1.165, 1.54) is 0 Å². The Labute approximate surface area is 210 Å². The Balaban J connectivity index is 1.27. The number of urea groups is 1. The number of carbonyl (C=O) groups excluding carboxylic acids is 2. The van der Waals surface area contributed by atoms with Gasteiger partial charge in [-0.25, -0.2) is 4.79 Å². The Hall–Kier alpha value is -4.20. The monoisotopic (exact) mass is 487 g/mol. The second kappa shape index (κ2) is 10.6. The molecule has 0 aliphatic carbocycles. The van der Waals surface area contributed by atoms with Gasteiger partial charge < -0.3 is 29.7 Å². The highest BCUT2D eigenvalue weighted by Crippen LogP contribution is 2.33. The molecule has 2 heterocycles. The number of methoxy groups -OCH3 is 1. The Morgan fingerprint density at radius 3 is 2.53 bits per heavy atom. The van der Waals surface area contributed by atoms with E-state index in [1.54, 1.807) is 36.3 Å². The van der Waals surface area contributed by atoms with Crippen molar-refractivity contribution in [1.82, 2.24) is 10.2 Å². The highest BCUT2D eigenvalue weighted by molar-refractivity contribution is 5.90. The first-order valence-corrected chi connectivity index (χ1v) is 12.0. The third-order valence-corrected chi connectivity index (χ3v) is 6.62. The number of nitrogens with zero attached hydrogens (tertiary/aromatic N) is 1. The Morgan fingerprint density at radius 2 is 1.75 bits per heavy atom. The van der Waals surface area contributed by atoms with E-state index in [2.05, 4.69) is 22.8 Å². The molecular weight excluding hydrogens is 458 g/mol. The summed E-state index contributed by atoms with van der Waals surface area (Å²) in [5, 5.41) is 6.00. The molecule has 1 fully saturated rings. The van der Waals surface area contributed by atoms with Crippen molar-refractivity contribution < 1.29 is 23.8 Å². The van der Waals surface area contributed by atoms with Crippen LogP contribution in [0.15, 0.2) is 72.8 Å². The molecule has 2 N–H and O–H groups in total. The third kappa shape index (κ3) is 5.38. The maximum atomic E-state index is 13.2. The molecule has 0 aromatic heterocycles. The van der Waals surface area contributed by atoms with Crippen LogP contribution in [0.3, 0.4) is 0 Å². The maximum Gasteiger partial charge on any atom is 0.321 e. The van der Waals surface area contributed by atoms with E-state index in [-0.39, 0.29) is 30.6 Å². The molecule has 0 unspecified atom stereocenters. The van der Waals surface area contributed by atoms with E-state index in [9.17, 15) is 9.59 Å². The van der Waals surface area contributed by atoms with Crippen molar-refractivity contribution in [1.29, 1.82) is 0 Å². The SMILES string of the molecule is COc1ccc(NC(=O)N2C[C@H](C(=O)NCc3ccc4c(c3)OCO4)C[C@@H](c3ccccc3)C2)cc1. The summed E-state index contributed by atoms with van der Waals surface area (Å²) >= 11 is 0. The van der Waals surface area contributed by atoms with Gasteiger partial charge in [-0.05, 0) is 53.9 Å². The summed E-state index contributed by atoms with van der Waals surface area (Å²) in [6, 6.07) is 22.6. The van der Waals surface area contributed by atoms with E-state index < -0.39 is 0 Å². The number of benzene rings is 3. The fourth-order valence-corrected chi connectivity index (χ4v) is 4.68. The van der Waals surface area contributed by atoms with Gasteiger partial charge in [-0.1, -0.05) is 36.4 Å². The lowest BCUT2D eigenvalue weighted by Gasteiger charge is -2.37. The van der Waals surface area contributed by atoms with Gasteiger partial charge in [-0.15, -0.1) is 0 Å². The average Bonchev–Trinajstić information content (AvgIpc) is 3.40. The molecule has 2 atom stereocenters. The Kier molecular flexibility index (Phi) is 6.93. The van der Waals surface area contributed by atoms with Crippen LogP contribution < -0.4 is 24.8 Å². The van der Waals surface area contributed by atoms with E-state index in [4.69, 9.17) is 14.2 Å². The zero-order valence-electron chi connectivity index (χ0n) is 20.1. The number of carbonyl (C=O) groups is 2. The summed E-state index contributed by atoms with van der Waals surface area (Å²) in [4.78, 5) is 28.2. The molecule has 186 valence electrons. The van der Waals surface area contributed by atoms with Gasteiger partial charge in [-0.2, -0.15) is 0 Å². The van der Waals surface area contributed by atoms with Gasteiger partial charge in [-0.3, -0.25) is 4.79 Å². The van der Waals surface area contributed by atoms with E-state index in [0.717, 1.165) is 11.1 Å². The molecular formula is C28H29N3O5. The highest BCUT2D eigenvalue weighted by Gasteiger charge is 2.34. The lowest BCUT2D eigenvalue weighted by atomic mass is 9.84. The largest absolute Gasteiger partial charge is 0.497 e. The fourth-order valence-electron chi connectivity index (χ4n) is 4.68. The first-order valence-electron chi connectivity index (χ1n) is 12.0. The number of piperidine rings is 1. The lowest BCUT2D eigenvalue weighted by molar-refractivity contribution is -0.126. The van der Waals surface area contributed by atoms with Gasteiger partial charge in [0.25, 0.3) is 0 Å². The number of hydrogen-bond acceptors (Lipinski definition) is 5. The van der Waals surface area contributed by atoms with Crippen LogP contribution in [0, 0.1) is 5.92 Å². The maximum absolute atomic E-state index is 13.2. The van der Waals surface area contributed by atoms with Crippen molar-refractivity contribution in [2.75, 3.05) is 32.3 Å². The summed E-state index contributed by atoms with van der Waals surface area (Å²) in [5.74, 6) is 1.76. The number of fused-ring (bicyclic) bond motifs is 1. The lowest BCUT2D eigenvalue weighted by Crippen LogP contribution is -2.49. The van der Waals surface area contributed by atoms with Crippen LogP contribution in [0.25, 0.3) is 0 Å². The molecule has 2 aliphatic rings. The van der Waals surface area contributed by atoms with Gasteiger partial charge in [0.2, 0.25) is 12.7 Å². The van der Waals surface area contributed by atoms with E-state index >= 15 is 0 Å². The summed E-state index contributed by atoms with van der Waals surface area (Å²) in [5.41, 5.74) is 2.72. The van der Waals surface area contributed by atoms with Crippen LogP contribution in [-0.4, -0.2) is 43.8 Å². The normalized spacial score (nSPS) is 18.4. The first kappa shape index (κ1) is 23.5. The smallest absolute Gasteiger partial charge is 0.321 e. The topological polar surface area (TPSA) is 89.1 Å². The molecule has 0 radical (unpaired) electrons. The molecule has 3 aromatic carbocycles. The number of amides is 3. The molecule has 8 heteroatoms. The standard InChI is InChI=1S/C28H29N3O5/c1-34-24-10-8-23(9-11-24)30-28(33)31-16-21(20-5-3-2-4-6-20)14-22(17-31)27(32)29-15-19-7-12-25-26(13-19)36-18-35-25/h2-13,21-22H,14-18H2,1H3,(H,29,32)(H,30,33)/t21-,22-/m1/s1. The van der Waals surface area contributed by atoms with Crippen LogP contribution in [0.1, 0.15) is 23.5 Å². The molecule has 0 spiro atoms. The van der Waals surface area contributed by atoms with Crippen molar-refractivity contribution in [2.24, 2.45) is 5.92 Å². The van der Waals surface area contributed by atoms with Crippen molar-refractivity contribution in [3.8, 4) is 17.2 Å². The first-order chi connectivity index (χ1) is 17.6. The van der Waals surface area contributed by atoms with Gasteiger partial charge in [0.1, 0.15) is 5.75 Å². The zero-order chi connectivity index (χ0) is 24.9. The summed E-state index contributed by atoms with van der Waals surface area (Å²) in [6.07, 6.45) is 0.670. The number of hydrogen-bond donors (Lipinski definition) is 2. The summed E-state index contributed by atoms with van der Waals surface area (Å²) in [7, 11) is 1.60. The minimum absolute atomic E-state index is 0.0582. The minimum Gasteiger partial charge on any atom is -0.497 e. The van der Waals surface area contributed by atoms with Crippen molar-refractivity contribution >= 4 is 17.6 Å². The average molecular weight is 488 g/mol. The van der Waals surface area contributed by atoms with Crippen LogP contribution >= 0.6 is 0 Å². The van der Waals surface area contributed by atoms with Gasteiger partial charge >= 0.3 is 6.03 Å². The summed E-state index contributed by atoms with van der Waals surface area (Å²) < 4.78 is 16.0. The molecule has 1 saturated heterocycles. The fraction of sp³-hybridized carbons (Fsp3) is 0.286. The molecule has 8 nitrogen and oxygen atoms in total. The summed E-state index contributed by atoms with van der Waals surface area (Å²) in [6.45, 7) is 1.47. The Bertz CT molecular complexity index is 1220. The molecule has 2 aliphatic heterocycles. The predicted molar refractivity (Wildman–Crippen MR) is 135 cm³/mol. The quantitative estimate of drug-likeness (QED) is 0.539. The van der Waals surface area contributed by atoms with E-state index in [1.807, 2.05) is 36.4 Å². The van der Waals surface area contributed by atoms with Crippen LogP contribution in [0.2, 0.25) is 0 Å². The van der Waals surface area contributed by atoms with Crippen molar-refractivity contribution in [3.63, 3.8) is 0 Å². The third-order valence-electron chi connectivity index (χ3n) is 6.62.